The number of ketones is 1. The summed E-state index contributed by atoms with van der Waals surface area (Å²) in [5.41, 5.74) is 4.25. The van der Waals surface area contributed by atoms with Crippen LogP contribution in [-0.4, -0.2) is 23.9 Å². The lowest BCUT2D eigenvalue weighted by Gasteiger charge is -2.31. The summed E-state index contributed by atoms with van der Waals surface area (Å²) < 4.78 is 0. The minimum atomic E-state index is 0.245. The molecule has 0 atom stereocenters. The lowest BCUT2D eigenvalue weighted by Crippen LogP contribution is -2.31. The zero-order valence-corrected chi connectivity index (χ0v) is 11.7. The van der Waals surface area contributed by atoms with Crippen LogP contribution in [0.2, 0.25) is 0 Å². The van der Waals surface area contributed by atoms with Gasteiger partial charge in [0.1, 0.15) is 5.69 Å². The van der Waals surface area contributed by atoms with Crippen molar-refractivity contribution in [2.45, 2.75) is 51.9 Å². The van der Waals surface area contributed by atoms with Crippen LogP contribution in [0.5, 0.6) is 0 Å². The Labute approximate surface area is 115 Å². The van der Waals surface area contributed by atoms with Crippen molar-refractivity contribution < 1.29 is 4.79 Å². The average Bonchev–Trinajstić information content (AvgIpc) is 2.62. The molecule has 102 valence electrons. The lowest BCUT2D eigenvalue weighted by atomic mass is 10.0. The number of carbonyl (C=O) groups excluding carboxylic acids is 1. The number of aryl methyl sites for hydroxylation is 1. The van der Waals surface area contributed by atoms with E-state index < -0.39 is 0 Å². The Morgan fingerprint density at radius 3 is 2.58 bits per heavy atom. The van der Waals surface area contributed by atoms with Crippen molar-refractivity contribution in [1.82, 2.24) is 4.98 Å². The number of hydrogen-bond acceptors (Lipinski definition) is 3. The summed E-state index contributed by atoms with van der Waals surface area (Å²) in [5, 5.41) is 0. The number of hydrogen-bond donors (Lipinski definition) is 0. The predicted octanol–water partition coefficient (Wildman–Crippen LogP) is 3.29. The fourth-order valence-electron chi connectivity index (χ4n) is 3.28. The Balaban J connectivity index is 2.05. The summed E-state index contributed by atoms with van der Waals surface area (Å²) in [4.78, 5) is 19.2. The number of piperidine rings is 1. The maximum absolute atomic E-state index is 12.2. The molecule has 0 spiro atoms. The first-order valence-corrected chi connectivity index (χ1v) is 7.54. The molecule has 0 radical (unpaired) electrons. The van der Waals surface area contributed by atoms with E-state index in [1.807, 2.05) is 6.92 Å². The molecule has 0 N–H and O–H groups in total. The number of anilines is 1. The summed E-state index contributed by atoms with van der Waals surface area (Å²) >= 11 is 0. The van der Waals surface area contributed by atoms with Crippen molar-refractivity contribution in [2.24, 2.45) is 0 Å². The second-order valence-corrected chi connectivity index (χ2v) is 5.79. The molecule has 1 fully saturated rings. The first kappa shape index (κ1) is 12.6. The second-order valence-electron chi connectivity index (χ2n) is 5.79. The molecule has 0 saturated carbocycles. The molecular weight excluding hydrogens is 236 g/mol. The molecule has 1 aromatic heterocycles. The van der Waals surface area contributed by atoms with Gasteiger partial charge in [0.25, 0.3) is 0 Å². The maximum Gasteiger partial charge on any atom is 0.181 e. The molecule has 3 rings (SSSR count). The Bertz CT molecular complexity index is 490. The zero-order valence-electron chi connectivity index (χ0n) is 11.7. The Morgan fingerprint density at radius 1 is 1.05 bits per heavy atom. The minimum absolute atomic E-state index is 0.245. The molecule has 19 heavy (non-hydrogen) atoms. The predicted molar refractivity (Wildman–Crippen MR) is 76.9 cm³/mol. The molecule has 1 aliphatic heterocycles. The second kappa shape index (κ2) is 5.32. The van der Waals surface area contributed by atoms with Crippen LogP contribution in [-0.2, 0) is 6.42 Å². The van der Waals surface area contributed by atoms with Gasteiger partial charge in [0, 0.05) is 36.5 Å². The molecule has 3 nitrogen and oxygen atoms in total. The number of rotatable bonds is 1. The molecule has 0 amide bonds. The van der Waals surface area contributed by atoms with Gasteiger partial charge in [-0.25, -0.2) is 4.98 Å². The minimum Gasteiger partial charge on any atom is -0.371 e. The third kappa shape index (κ3) is 2.51. The van der Waals surface area contributed by atoms with E-state index in [0.29, 0.717) is 6.42 Å². The number of nitrogens with zero attached hydrogens (tertiary/aromatic N) is 2. The van der Waals surface area contributed by atoms with Gasteiger partial charge >= 0.3 is 0 Å². The van der Waals surface area contributed by atoms with Gasteiger partial charge in [-0.2, -0.15) is 0 Å². The van der Waals surface area contributed by atoms with E-state index >= 15 is 0 Å². The van der Waals surface area contributed by atoms with Crippen molar-refractivity contribution in [2.75, 3.05) is 18.0 Å². The highest BCUT2D eigenvalue weighted by Crippen LogP contribution is 2.31. The van der Waals surface area contributed by atoms with Crippen molar-refractivity contribution >= 4 is 11.5 Å². The molecule has 1 aliphatic carbocycles. The molecule has 0 unspecified atom stereocenters. The standard InChI is InChI=1S/C16H22N2O/c1-12-11-14(18-9-5-2-6-10-18)13-7-3-4-8-15(19)16(13)17-12/h11H,2-10H2,1H3. The van der Waals surface area contributed by atoms with E-state index in [4.69, 9.17) is 0 Å². The first-order chi connectivity index (χ1) is 9.25. The molecular formula is C16H22N2O. The number of carbonyl (C=O) groups is 1. The fourth-order valence-corrected chi connectivity index (χ4v) is 3.28. The molecule has 2 heterocycles. The summed E-state index contributed by atoms with van der Waals surface area (Å²) in [7, 11) is 0. The molecule has 2 aliphatic rings. The fraction of sp³-hybridized carbons (Fsp3) is 0.625. The van der Waals surface area contributed by atoms with E-state index in [2.05, 4.69) is 16.0 Å². The Hall–Kier alpha value is -1.38. The van der Waals surface area contributed by atoms with Crippen molar-refractivity contribution in [1.29, 1.82) is 0 Å². The van der Waals surface area contributed by atoms with Gasteiger partial charge in [-0.3, -0.25) is 4.79 Å². The molecule has 0 bridgehead atoms. The summed E-state index contributed by atoms with van der Waals surface area (Å²) in [5.74, 6) is 0.245. The Morgan fingerprint density at radius 2 is 1.79 bits per heavy atom. The highest BCUT2D eigenvalue weighted by Gasteiger charge is 2.23. The third-order valence-electron chi connectivity index (χ3n) is 4.27. The normalized spacial score (nSPS) is 20.1. The SMILES string of the molecule is Cc1cc(N2CCCCC2)c2c(n1)C(=O)CCCC2. The van der Waals surface area contributed by atoms with Crippen LogP contribution in [0.4, 0.5) is 5.69 Å². The van der Waals surface area contributed by atoms with Gasteiger partial charge in [-0.15, -0.1) is 0 Å². The van der Waals surface area contributed by atoms with Crippen LogP contribution in [0.3, 0.4) is 0 Å². The molecule has 1 saturated heterocycles. The van der Waals surface area contributed by atoms with Crippen molar-refractivity contribution in [3.8, 4) is 0 Å². The molecule has 0 aromatic carbocycles. The highest BCUT2D eigenvalue weighted by atomic mass is 16.1. The number of fused-ring (bicyclic) bond motifs is 1. The quantitative estimate of drug-likeness (QED) is 0.725. The average molecular weight is 258 g/mol. The van der Waals surface area contributed by atoms with Gasteiger partial charge in [0.2, 0.25) is 0 Å². The van der Waals surface area contributed by atoms with Crippen LogP contribution in [0.15, 0.2) is 6.07 Å². The van der Waals surface area contributed by atoms with Gasteiger partial charge < -0.3 is 4.90 Å². The lowest BCUT2D eigenvalue weighted by molar-refractivity contribution is 0.0977. The van der Waals surface area contributed by atoms with Gasteiger partial charge in [-0.05, 0) is 51.5 Å². The van der Waals surface area contributed by atoms with E-state index in [1.165, 1.54) is 30.5 Å². The van der Waals surface area contributed by atoms with E-state index in [9.17, 15) is 4.79 Å². The highest BCUT2D eigenvalue weighted by molar-refractivity contribution is 5.97. The summed E-state index contributed by atoms with van der Waals surface area (Å²) in [6.07, 6.45) is 7.68. The number of aromatic nitrogens is 1. The Kier molecular flexibility index (Phi) is 3.54. The largest absolute Gasteiger partial charge is 0.371 e. The molecule has 1 aromatic rings. The number of pyridine rings is 1. The topological polar surface area (TPSA) is 33.2 Å². The smallest absolute Gasteiger partial charge is 0.181 e. The van der Waals surface area contributed by atoms with E-state index in [1.54, 1.807) is 0 Å². The van der Waals surface area contributed by atoms with E-state index in [-0.39, 0.29) is 5.78 Å². The van der Waals surface area contributed by atoms with Crippen molar-refractivity contribution in [3.63, 3.8) is 0 Å². The third-order valence-corrected chi connectivity index (χ3v) is 4.27. The van der Waals surface area contributed by atoms with Crippen LogP contribution >= 0.6 is 0 Å². The summed E-state index contributed by atoms with van der Waals surface area (Å²) in [6.45, 7) is 4.26. The van der Waals surface area contributed by atoms with Crippen LogP contribution in [0.25, 0.3) is 0 Å². The number of Topliss-reactive ketones (excluding diaryl/α,β-unsaturated/α-hetero) is 1. The van der Waals surface area contributed by atoms with E-state index in [0.717, 1.165) is 43.7 Å². The van der Waals surface area contributed by atoms with Gasteiger partial charge in [0.15, 0.2) is 5.78 Å². The van der Waals surface area contributed by atoms with Crippen LogP contribution < -0.4 is 4.90 Å². The monoisotopic (exact) mass is 258 g/mol. The van der Waals surface area contributed by atoms with Gasteiger partial charge in [-0.1, -0.05) is 0 Å². The summed E-state index contributed by atoms with van der Waals surface area (Å²) in [6, 6.07) is 2.18. The zero-order chi connectivity index (χ0) is 13.2. The first-order valence-electron chi connectivity index (χ1n) is 7.54. The maximum atomic E-state index is 12.2. The van der Waals surface area contributed by atoms with Crippen molar-refractivity contribution in [3.05, 3.63) is 23.0 Å². The molecule has 3 heteroatoms. The van der Waals surface area contributed by atoms with Crippen LogP contribution in [0.1, 0.15) is 60.3 Å². The van der Waals surface area contributed by atoms with Crippen LogP contribution in [0, 0.1) is 6.92 Å². The van der Waals surface area contributed by atoms with Gasteiger partial charge in [0.05, 0.1) is 0 Å².